The molecule has 0 radical (unpaired) electrons. The number of methoxy groups -OCH3 is 1. The minimum absolute atomic E-state index is 0.201. The van der Waals surface area contributed by atoms with Gasteiger partial charge in [0.05, 0.1) is 23.3 Å². The Labute approximate surface area is 104 Å². The molecule has 0 fully saturated rings. The largest absolute Gasteiger partial charge is 0.573 e. The van der Waals surface area contributed by atoms with Crippen molar-refractivity contribution in [3.8, 4) is 11.8 Å². The number of hydrogen-bond acceptors (Lipinski definition) is 4. The number of halogens is 4. The fraction of sp³-hybridized carbons (Fsp3) is 0.200. The van der Waals surface area contributed by atoms with Crippen molar-refractivity contribution in [3.63, 3.8) is 0 Å². The molecular weight excluding hydrogens is 275 g/mol. The van der Waals surface area contributed by atoms with Gasteiger partial charge in [-0.15, -0.1) is 13.2 Å². The van der Waals surface area contributed by atoms with Crippen LogP contribution in [0, 0.1) is 11.3 Å². The minimum atomic E-state index is -4.98. The van der Waals surface area contributed by atoms with Crippen LogP contribution in [0.1, 0.15) is 15.9 Å². The monoisotopic (exact) mass is 279 g/mol. The molecule has 0 saturated heterocycles. The summed E-state index contributed by atoms with van der Waals surface area (Å²) in [5, 5.41) is 8.45. The van der Waals surface area contributed by atoms with E-state index in [4.69, 9.17) is 16.9 Å². The summed E-state index contributed by atoms with van der Waals surface area (Å²) in [4.78, 5) is 11.2. The van der Waals surface area contributed by atoms with Crippen LogP contribution in [-0.4, -0.2) is 19.4 Å². The fourth-order valence-corrected chi connectivity index (χ4v) is 1.36. The highest BCUT2D eigenvalue weighted by molar-refractivity contribution is 6.33. The average molecular weight is 280 g/mol. The number of rotatable bonds is 2. The standard InChI is InChI=1S/C10H5ClF3NO3/c1-17-9(16)6-3-8(18-10(12,13)14)5(4-15)2-7(6)11/h2-3H,1H3. The smallest absolute Gasteiger partial charge is 0.465 e. The molecule has 0 aliphatic rings. The van der Waals surface area contributed by atoms with Crippen LogP contribution in [-0.2, 0) is 4.74 Å². The SMILES string of the molecule is COC(=O)c1cc(OC(F)(F)F)c(C#N)cc1Cl. The van der Waals surface area contributed by atoms with Crippen LogP contribution < -0.4 is 4.74 Å². The Balaban J connectivity index is 3.32. The summed E-state index contributed by atoms with van der Waals surface area (Å²) >= 11 is 5.64. The van der Waals surface area contributed by atoms with Gasteiger partial charge in [-0.3, -0.25) is 0 Å². The van der Waals surface area contributed by atoms with E-state index in [2.05, 4.69) is 9.47 Å². The van der Waals surface area contributed by atoms with E-state index in [0.29, 0.717) is 6.07 Å². The first-order valence-electron chi connectivity index (χ1n) is 4.36. The Morgan fingerprint density at radius 1 is 1.44 bits per heavy atom. The van der Waals surface area contributed by atoms with Gasteiger partial charge in [-0.1, -0.05) is 11.6 Å². The highest BCUT2D eigenvalue weighted by atomic mass is 35.5. The van der Waals surface area contributed by atoms with Crippen molar-refractivity contribution >= 4 is 17.6 Å². The average Bonchev–Trinajstić information content (AvgIpc) is 2.28. The summed E-state index contributed by atoms with van der Waals surface area (Å²) in [6, 6.07) is 3.09. The van der Waals surface area contributed by atoms with Crippen molar-refractivity contribution in [1.82, 2.24) is 0 Å². The van der Waals surface area contributed by atoms with Crippen molar-refractivity contribution in [3.05, 3.63) is 28.3 Å². The molecule has 0 atom stereocenters. The maximum absolute atomic E-state index is 12.1. The molecule has 0 aliphatic carbocycles. The Kier molecular flexibility index (Phi) is 4.03. The molecule has 1 rings (SSSR count). The molecule has 0 saturated carbocycles. The summed E-state index contributed by atoms with van der Waals surface area (Å²) in [6.45, 7) is 0. The first kappa shape index (κ1) is 14.1. The van der Waals surface area contributed by atoms with Gasteiger partial charge in [-0.2, -0.15) is 5.26 Å². The molecule has 0 amide bonds. The summed E-state index contributed by atoms with van der Waals surface area (Å²) in [5.74, 6) is -1.74. The Hall–Kier alpha value is -1.94. The Morgan fingerprint density at radius 3 is 2.50 bits per heavy atom. The predicted octanol–water partition coefficient (Wildman–Crippen LogP) is 2.90. The number of esters is 1. The molecule has 0 spiro atoms. The zero-order valence-corrected chi connectivity index (χ0v) is 9.59. The number of ether oxygens (including phenoxy) is 2. The lowest BCUT2D eigenvalue weighted by Gasteiger charge is -2.12. The number of nitrogens with zero attached hydrogens (tertiary/aromatic N) is 1. The van der Waals surface area contributed by atoms with E-state index in [1.165, 1.54) is 6.07 Å². The zero-order valence-electron chi connectivity index (χ0n) is 8.84. The van der Waals surface area contributed by atoms with Crippen LogP contribution in [0.2, 0.25) is 5.02 Å². The predicted molar refractivity (Wildman–Crippen MR) is 54.2 cm³/mol. The molecule has 1 aromatic carbocycles. The van der Waals surface area contributed by atoms with Crippen molar-refractivity contribution in [2.24, 2.45) is 0 Å². The van der Waals surface area contributed by atoms with E-state index >= 15 is 0 Å². The molecule has 4 nitrogen and oxygen atoms in total. The lowest BCUT2D eigenvalue weighted by Crippen LogP contribution is -2.18. The van der Waals surface area contributed by atoms with E-state index in [1.54, 1.807) is 0 Å². The van der Waals surface area contributed by atoms with Gasteiger partial charge in [0, 0.05) is 0 Å². The molecule has 1 aromatic rings. The van der Waals surface area contributed by atoms with Crippen molar-refractivity contribution in [1.29, 1.82) is 5.26 Å². The molecular formula is C10H5ClF3NO3. The van der Waals surface area contributed by atoms with Crippen LogP contribution in [0.15, 0.2) is 12.1 Å². The topological polar surface area (TPSA) is 59.3 Å². The van der Waals surface area contributed by atoms with Crippen LogP contribution in [0.3, 0.4) is 0 Å². The van der Waals surface area contributed by atoms with Gasteiger partial charge in [0.2, 0.25) is 0 Å². The summed E-state index contributed by atoms with van der Waals surface area (Å²) < 4.78 is 44.2. The van der Waals surface area contributed by atoms with Gasteiger partial charge in [0.15, 0.2) is 0 Å². The number of carbonyl (C=O) groups excluding carboxylic acids is 1. The number of alkyl halides is 3. The summed E-state index contributed by atoms with van der Waals surface area (Å²) in [7, 11) is 1.04. The molecule has 0 unspecified atom stereocenters. The first-order valence-corrected chi connectivity index (χ1v) is 4.74. The van der Waals surface area contributed by atoms with Crippen molar-refractivity contribution < 1.29 is 27.4 Å². The number of benzene rings is 1. The Bertz CT molecular complexity index is 522. The lowest BCUT2D eigenvalue weighted by atomic mass is 10.1. The lowest BCUT2D eigenvalue weighted by molar-refractivity contribution is -0.274. The van der Waals surface area contributed by atoms with E-state index in [0.717, 1.165) is 13.2 Å². The van der Waals surface area contributed by atoms with Gasteiger partial charge < -0.3 is 9.47 Å². The van der Waals surface area contributed by atoms with E-state index in [1.807, 2.05) is 0 Å². The molecule has 0 N–H and O–H groups in total. The zero-order chi connectivity index (χ0) is 13.9. The van der Waals surface area contributed by atoms with Gasteiger partial charge in [-0.05, 0) is 12.1 Å². The summed E-state index contributed by atoms with van der Waals surface area (Å²) in [6.07, 6.45) is -4.98. The van der Waals surface area contributed by atoms with Crippen LogP contribution in [0.25, 0.3) is 0 Å². The molecule has 0 bridgehead atoms. The third kappa shape index (κ3) is 3.28. The maximum Gasteiger partial charge on any atom is 0.573 e. The summed E-state index contributed by atoms with van der Waals surface area (Å²) in [5.41, 5.74) is -0.762. The first-order chi connectivity index (χ1) is 8.28. The van der Waals surface area contributed by atoms with Crippen LogP contribution in [0.4, 0.5) is 13.2 Å². The van der Waals surface area contributed by atoms with Gasteiger partial charge in [-0.25, -0.2) is 4.79 Å². The van der Waals surface area contributed by atoms with Crippen LogP contribution in [0.5, 0.6) is 5.75 Å². The minimum Gasteiger partial charge on any atom is -0.465 e. The fourth-order valence-electron chi connectivity index (χ4n) is 1.12. The Morgan fingerprint density at radius 2 is 2.06 bits per heavy atom. The second-order valence-electron chi connectivity index (χ2n) is 2.98. The van der Waals surface area contributed by atoms with E-state index in [-0.39, 0.29) is 10.6 Å². The van der Waals surface area contributed by atoms with Crippen molar-refractivity contribution in [2.75, 3.05) is 7.11 Å². The van der Waals surface area contributed by atoms with Crippen molar-refractivity contribution in [2.45, 2.75) is 6.36 Å². The highest BCUT2D eigenvalue weighted by Gasteiger charge is 2.33. The number of hydrogen-bond donors (Lipinski definition) is 0. The highest BCUT2D eigenvalue weighted by Crippen LogP contribution is 2.31. The third-order valence-corrected chi connectivity index (χ3v) is 2.13. The second kappa shape index (κ2) is 5.14. The van der Waals surface area contributed by atoms with E-state index in [9.17, 15) is 18.0 Å². The number of nitriles is 1. The number of carbonyl (C=O) groups is 1. The second-order valence-corrected chi connectivity index (χ2v) is 3.39. The molecule has 0 aliphatic heterocycles. The molecule has 18 heavy (non-hydrogen) atoms. The molecule has 0 heterocycles. The van der Waals surface area contributed by atoms with Gasteiger partial charge in [0.1, 0.15) is 11.8 Å². The van der Waals surface area contributed by atoms with Crippen LogP contribution >= 0.6 is 11.6 Å². The molecule has 0 aromatic heterocycles. The molecule has 8 heteroatoms. The van der Waals surface area contributed by atoms with E-state index < -0.39 is 23.6 Å². The third-order valence-electron chi connectivity index (χ3n) is 1.82. The van der Waals surface area contributed by atoms with Gasteiger partial charge >= 0.3 is 12.3 Å². The normalized spacial score (nSPS) is 10.7. The van der Waals surface area contributed by atoms with Gasteiger partial charge in [0.25, 0.3) is 0 Å². The quantitative estimate of drug-likeness (QED) is 0.781. The maximum atomic E-state index is 12.1. The molecule has 96 valence electrons.